The Kier molecular flexibility index (Phi) is 6.98. The molecule has 0 radical (unpaired) electrons. The third-order valence-corrected chi connectivity index (χ3v) is 11.0. The summed E-state index contributed by atoms with van der Waals surface area (Å²) >= 11 is 0. The van der Waals surface area contributed by atoms with Gasteiger partial charge in [-0.15, -0.1) is 0 Å². The molecule has 7 aromatic carbocycles. The molecular weight excluding hydrogens is 593 g/mol. The average Bonchev–Trinajstić information content (AvgIpc) is 3.75. The zero-order valence-corrected chi connectivity index (χ0v) is 27.8. The molecule has 2 aliphatic rings. The first-order chi connectivity index (χ1) is 24.2. The van der Waals surface area contributed by atoms with Crippen molar-refractivity contribution in [1.82, 2.24) is 0 Å². The minimum absolute atomic E-state index is 0.0186. The molecule has 0 fully saturated rings. The highest BCUT2D eigenvalue weighted by molar-refractivity contribution is 5.98. The standard InChI is InChI=1S/C47H38N2/c1-48-35-24-26-39-40-27-25-36(49-2)30-43(40)46(42(39)29-35)47(33-16-5-3-6-17-33,34-18-7-4-8-19-34)44-28-23-32-15-12-22-41(45(32)44)38-21-11-14-31-13-9-10-20-37(31)38/h3-30,44,46,48-49H,1-2H3. The predicted molar refractivity (Wildman–Crippen MR) is 208 cm³/mol. The van der Waals surface area contributed by atoms with Crippen LogP contribution in [0, 0.1) is 0 Å². The van der Waals surface area contributed by atoms with Crippen LogP contribution in [-0.4, -0.2) is 14.1 Å². The maximum atomic E-state index is 3.46. The number of anilines is 2. The molecule has 0 spiro atoms. The van der Waals surface area contributed by atoms with Crippen LogP contribution in [0.3, 0.4) is 0 Å². The number of allylic oxidation sites excluding steroid dienone is 1. The normalized spacial score (nSPS) is 14.8. The van der Waals surface area contributed by atoms with E-state index < -0.39 is 5.41 Å². The second-order valence-corrected chi connectivity index (χ2v) is 13.3. The zero-order chi connectivity index (χ0) is 33.0. The van der Waals surface area contributed by atoms with Crippen molar-refractivity contribution in [3.8, 4) is 22.3 Å². The fraction of sp³-hybridized carbons (Fsp3) is 0.106. The lowest BCUT2D eigenvalue weighted by molar-refractivity contribution is 0.417. The van der Waals surface area contributed by atoms with Crippen LogP contribution in [0.2, 0.25) is 0 Å². The van der Waals surface area contributed by atoms with E-state index in [1.165, 1.54) is 66.4 Å². The number of nitrogens with one attached hydrogen (secondary N) is 2. The second-order valence-electron chi connectivity index (χ2n) is 13.3. The zero-order valence-electron chi connectivity index (χ0n) is 27.8. The molecule has 0 amide bonds. The number of hydrogen-bond donors (Lipinski definition) is 2. The van der Waals surface area contributed by atoms with Gasteiger partial charge in [0.2, 0.25) is 0 Å². The molecule has 0 aliphatic heterocycles. The van der Waals surface area contributed by atoms with Crippen LogP contribution in [0.15, 0.2) is 164 Å². The molecule has 2 N–H and O–H groups in total. The molecule has 7 aromatic rings. The van der Waals surface area contributed by atoms with Crippen molar-refractivity contribution in [2.24, 2.45) is 0 Å². The number of rotatable bonds is 7. The molecular formula is C47H38N2. The molecule has 9 rings (SSSR count). The lowest BCUT2D eigenvalue weighted by Gasteiger charge is -2.46. The number of fused-ring (bicyclic) bond motifs is 5. The first-order valence-electron chi connectivity index (χ1n) is 17.3. The van der Waals surface area contributed by atoms with E-state index in [1.807, 2.05) is 14.1 Å². The van der Waals surface area contributed by atoms with E-state index in [2.05, 4.69) is 181 Å². The Labute approximate surface area is 288 Å². The van der Waals surface area contributed by atoms with Crippen LogP contribution in [0.1, 0.15) is 45.2 Å². The molecule has 2 heteroatoms. The van der Waals surface area contributed by atoms with Gasteiger partial charge < -0.3 is 10.6 Å². The molecule has 2 nitrogen and oxygen atoms in total. The van der Waals surface area contributed by atoms with Gasteiger partial charge in [0.15, 0.2) is 0 Å². The van der Waals surface area contributed by atoms with Crippen molar-refractivity contribution < 1.29 is 0 Å². The lowest BCUT2D eigenvalue weighted by Crippen LogP contribution is -2.40. The number of benzene rings is 7. The van der Waals surface area contributed by atoms with Crippen LogP contribution in [0.4, 0.5) is 11.4 Å². The van der Waals surface area contributed by atoms with Crippen LogP contribution in [0.5, 0.6) is 0 Å². The van der Waals surface area contributed by atoms with E-state index in [0.29, 0.717) is 0 Å². The van der Waals surface area contributed by atoms with Crippen LogP contribution >= 0.6 is 0 Å². The maximum Gasteiger partial charge on any atom is 0.0415 e. The second kappa shape index (κ2) is 11.7. The Hall–Kier alpha value is -5.86. The van der Waals surface area contributed by atoms with Gasteiger partial charge in [-0.3, -0.25) is 0 Å². The van der Waals surface area contributed by atoms with E-state index in [1.54, 1.807) is 0 Å². The summed E-state index contributed by atoms with van der Waals surface area (Å²) in [5.41, 5.74) is 14.9. The third-order valence-electron chi connectivity index (χ3n) is 11.0. The summed E-state index contributed by atoms with van der Waals surface area (Å²) in [6.07, 6.45) is 4.88. The Bertz CT molecular complexity index is 2270. The van der Waals surface area contributed by atoms with Crippen molar-refractivity contribution in [2.45, 2.75) is 17.3 Å². The van der Waals surface area contributed by atoms with E-state index in [0.717, 1.165) is 11.4 Å². The fourth-order valence-corrected chi connectivity index (χ4v) is 8.98. The largest absolute Gasteiger partial charge is 0.388 e. The Balaban J connectivity index is 1.42. The Morgan fingerprint density at radius 1 is 0.490 bits per heavy atom. The van der Waals surface area contributed by atoms with Gasteiger partial charge >= 0.3 is 0 Å². The summed E-state index contributed by atoms with van der Waals surface area (Å²) in [5, 5.41) is 9.47. The molecule has 1 unspecified atom stereocenters. The van der Waals surface area contributed by atoms with Gasteiger partial charge in [0.05, 0.1) is 0 Å². The van der Waals surface area contributed by atoms with Crippen molar-refractivity contribution in [3.63, 3.8) is 0 Å². The first-order valence-corrected chi connectivity index (χ1v) is 17.3. The van der Waals surface area contributed by atoms with Gasteiger partial charge in [-0.2, -0.15) is 0 Å². The highest BCUT2D eigenvalue weighted by Crippen LogP contribution is 2.64. The van der Waals surface area contributed by atoms with E-state index in [9.17, 15) is 0 Å². The van der Waals surface area contributed by atoms with E-state index in [-0.39, 0.29) is 11.8 Å². The van der Waals surface area contributed by atoms with Crippen LogP contribution < -0.4 is 10.6 Å². The summed E-state index contributed by atoms with van der Waals surface area (Å²) in [5.74, 6) is 0.0489. The summed E-state index contributed by atoms with van der Waals surface area (Å²) in [6.45, 7) is 0. The summed E-state index contributed by atoms with van der Waals surface area (Å²) in [6, 6.07) is 58.9. The van der Waals surface area contributed by atoms with Crippen LogP contribution in [-0.2, 0) is 5.41 Å². The molecule has 0 aromatic heterocycles. The smallest absolute Gasteiger partial charge is 0.0415 e. The van der Waals surface area contributed by atoms with E-state index >= 15 is 0 Å². The monoisotopic (exact) mass is 630 g/mol. The summed E-state index contributed by atoms with van der Waals surface area (Å²) < 4.78 is 0. The first kappa shape index (κ1) is 29.3. The molecule has 0 bridgehead atoms. The number of hydrogen-bond acceptors (Lipinski definition) is 2. The van der Waals surface area contributed by atoms with Gasteiger partial charge in [0, 0.05) is 42.7 Å². The van der Waals surface area contributed by atoms with Gasteiger partial charge in [-0.1, -0.05) is 146 Å². The van der Waals surface area contributed by atoms with Gasteiger partial charge in [0.25, 0.3) is 0 Å². The van der Waals surface area contributed by atoms with Crippen LogP contribution in [0.25, 0.3) is 39.1 Å². The molecule has 1 atom stereocenters. The highest BCUT2D eigenvalue weighted by atomic mass is 14.8. The molecule has 49 heavy (non-hydrogen) atoms. The van der Waals surface area contributed by atoms with E-state index in [4.69, 9.17) is 0 Å². The third kappa shape index (κ3) is 4.41. The van der Waals surface area contributed by atoms with Crippen molar-refractivity contribution in [2.75, 3.05) is 24.7 Å². The fourth-order valence-electron chi connectivity index (χ4n) is 8.98. The molecule has 0 heterocycles. The van der Waals surface area contributed by atoms with Crippen molar-refractivity contribution in [3.05, 3.63) is 197 Å². The van der Waals surface area contributed by atoms with Gasteiger partial charge in [-0.05, 0) is 90.7 Å². The SMILES string of the molecule is CNc1ccc2c(c1)C(C(c1ccccc1)(c1ccccc1)C1C=Cc3cccc(-c4cccc5ccccc45)c31)c1cc(NC)ccc1-2. The highest BCUT2D eigenvalue weighted by Gasteiger charge is 2.54. The minimum atomic E-state index is -0.496. The van der Waals surface area contributed by atoms with Crippen molar-refractivity contribution in [1.29, 1.82) is 0 Å². The molecule has 236 valence electrons. The quantitative estimate of drug-likeness (QED) is 0.183. The summed E-state index contributed by atoms with van der Waals surface area (Å²) in [4.78, 5) is 0. The maximum absolute atomic E-state index is 3.46. The van der Waals surface area contributed by atoms with Crippen molar-refractivity contribution >= 4 is 28.2 Å². The average molecular weight is 631 g/mol. The minimum Gasteiger partial charge on any atom is -0.388 e. The Morgan fingerprint density at radius 2 is 1.04 bits per heavy atom. The molecule has 0 saturated heterocycles. The predicted octanol–water partition coefficient (Wildman–Crippen LogP) is 11.5. The van der Waals surface area contributed by atoms with Gasteiger partial charge in [-0.25, -0.2) is 0 Å². The topological polar surface area (TPSA) is 24.1 Å². The molecule has 2 aliphatic carbocycles. The van der Waals surface area contributed by atoms with Gasteiger partial charge in [0.1, 0.15) is 0 Å². The Morgan fingerprint density at radius 3 is 1.67 bits per heavy atom. The summed E-state index contributed by atoms with van der Waals surface area (Å²) in [7, 11) is 4.04. The lowest BCUT2D eigenvalue weighted by atomic mass is 9.55. The molecule has 0 saturated carbocycles.